The van der Waals surface area contributed by atoms with Crippen LogP contribution < -0.4 is 10.6 Å². The van der Waals surface area contributed by atoms with E-state index in [1.54, 1.807) is 6.92 Å². The molecule has 0 radical (unpaired) electrons. The van der Waals surface area contributed by atoms with Gasteiger partial charge < -0.3 is 15.7 Å². The maximum absolute atomic E-state index is 11.5. The van der Waals surface area contributed by atoms with Crippen LogP contribution in [0.3, 0.4) is 0 Å². The van der Waals surface area contributed by atoms with Gasteiger partial charge in [0.2, 0.25) is 0 Å². The number of aromatic carboxylic acids is 1. The number of amides is 2. The van der Waals surface area contributed by atoms with Crippen molar-refractivity contribution in [3.8, 4) is 0 Å². The Morgan fingerprint density at radius 3 is 2.44 bits per heavy atom. The molecule has 0 fully saturated rings. The number of rotatable bonds is 3. The van der Waals surface area contributed by atoms with Crippen LogP contribution in [0.5, 0.6) is 0 Å². The van der Waals surface area contributed by atoms with Crippen LogP contribution in [0, 0.1) is 6.92 Å². The maximum Gasteiger partial charge on any atom is 0.347 e. The molecule has 0 saturated heterocycles. The molecule has 1 aromatic heterocycles. The van der Waals surface area contributed by atoms with E-state index in [4.69, 9.17) is 5.11 Å². The fraction of sp³-hybridized carbons (Fsp3) is 0.545. The van der Waals surface area contributed by atoms with E-state index in [0.717, 1.165) is 11.3 Å². The van der Waals surface area contributed by atoms with Crippen molar-refractivity contribution in [3.05, 3.63) is 15.6 Å². The summed E-state index contributed by atoms with van der Waals surface area (Å²) in [6, 6.07) is -0.299. The lowest BCUT2D eigenvalue weighted by Gasteiger charge is -2.20. The molecule has 0 aliphatic heterocycles. The molecule has 0 spiro atoms. The molecule has 100 valence electrons. The number of hydrogen-bond donors (Lipinski definition) is 3. The Bertz CT molecular complexity index is 463. The van der Waals surface area contributed by atoms with Crippen molar-refractivity contribution >= 4 is 23.3 Å². The monoisotopic (exact) mass is 271 g/mol. The Labute approximate surface area is 109 Å². The van der Waals surface area contributed by atoms with Crippen molar-refractivity contribution in [2.75, 3.05) is 0 Å². The third-order valence-corrected chi connectivity index (χ3v) is 3.07. The molecule has 0 atom stereocenters. The van der Waals surface area contributed by atoms with Gasteiger partial charge in [-0.1, -0.05) is 0 Å². The number of carbonyl (C=O) groups excluding carboxylic acids is 1. The van der Waals surface area contributed by atoms with Gasteiger partial charge in [-0.25, -0.2) is 14.6 Å². The summed E-state index contributed by atoms with van der Waals surface area (Å²) < 4.78 is 0. The van der Waals surface area contributed by atoms with E-state index < -0.39 is 5.97 Å². The molecule has 0 saturated carbocycles. The molecule has 2 amide bonds. The molecule has 0 bridgehead atoms. The number of carboxylic acids is 1. The van der Waals surface area contributed by atoms with Crippen molar-refractivity contribution in [2.45, 2.75) is 39.8 Å². The largest absolute Gasteiger partial charge is 0.477 e. The van der Waals surface area contributed by atoms with E-state index in [0.29, 0.717) is 10.7 Å². The minimum atomic E-state index is -0.990. The smallest absolute Gasteiger partial charge is 0.347 e. The van der Waals surface area contributed by atoms with Crippen molar-refractivity contribution in [2.24, 2.45) is 0 Å². The average Bonchev–Trinajstić information content (AvgIpc) is 2.54. The Balaban J connectivity index is 2.57. The number of thiazole rings is 1. The van der Waals surface area contributed by atoms with Gasteiger partial charge in [-0.3, -0.25) is 0 Å². The summed E-state index contributed by atoms with van der Waals surface area (Å²) in [6.07, 6.45) is 0. The van der Waals surface area contributed by atoms with Gasteiger partial charge >= 0.3 is 12.0 Å². The quantitative estimate of drug-likeness (QED) is 0.781. The van der Waals surface area contributed by atoms with Gasteiger partial charge in [0.25, 0.3) is 0 Å². The number of carboxylic acid groups (broad SMARTS) is 1. The van der Waals surface area contributed by atoms with Crippen LogP contribution in [0.25, 0.3) is 0 Å². The Hall–Kier alpha value is -1.63. The van der Waals surface area contributed by atoms with Crippen molar-refractivity contribution in [3.63, 3.8) is 0 Å². The summed E-state index contributed by atoms with van der Waals surface area (Å²) in [7, 11) is 0. The molecule has 0 aliphatic rings. The first-order valence-electron chi connectivity index (χ1n) is 5.44. The molecule has 0 aromatic carbocycles. The summed E-state index contributed by atoms with van der Waals surface area (Å²) in [6.45, 7) is 7.49. The van der Waals surface area contributed by atoms with E-state index in [1.807, 2.05) is 20.8 Å². The molecule has 1 rings (SSSR count). The second kappa shape index (κ2) is 5.34. The molecule has 0 aliphatic carbocycles. The van der Waals surface area contributed by atoms with E-state index in [2.05, 4.69) is 15.6 Å². The molecule has 3 N–H and O–H groups in total. The lowest BCUT2D eigenvalue weighted by molar-refractivity contribution is 0.0701. The molecule has 1 heterocycles. The number of nitrogens with one attached hydrogen (secondary N) is 2. The Morgan fingerprint density at radius 1 is 1.39 bits per heavy atom. The second-order valence-corrected chi connectivity index (χ2v) is 5.97. The number of aromatic nitrogens is 1. The second-order valence-electron chi connectivity index (χ2n) is 4.88. The van der Waals surface area contributed by atoms with Gasteiger partial charge in [0.1, 0.15) is 9.88 Å². The first-order valence-corrected chi connectivity index (χ1v) is 6.26. The minimum absolute atomic E-state index is 0.211. The molecule has 7 heteroatoms. The molecular formula is C11H17N3O3S. The summed E-state index contributed by atoms with van der Waals surface area (Å²) in [5, 5.41) is 14.8. The summed E-state index contributed by atoms with van der Waals surface area (Å²) in [5.41, 5.74) is 0.162. The predicted molar refractivity (Wildman–Crippen MR) is 68.9 cm³/mol. The first kappa shape index (κ1) is 14.4. The molecule has 6 nitrogen and oxygen atoms in total. The van der Waals surface area contributed by atoms with E-state index >= 15 is 0 Å². The average molecular weight is 271 g/mol. The zero-order valence-corrected chi connectivity index (χ0v) is 11.6. The van der Waals surface area contributed by atoms with Gasteiger partial charge in [-0.15, -0.1) is 11.3 Å². The molecular weight excluding hydrogens is 254 g/mol. The minimum Gasteiger partial charge on any atom is -0.477 e. The van der Waals surface area contributed by atoms with E-state index in [-0.39, 0.29) is 23.0 Å². The third kappa shape index (κ3) is 4.33. The zero-order chi connectivity index (χ0) is 13.9. The SMILES string of the molecule is Cc1nc(CNC(=O)NC(C)(C)C)sc1C(=O)O. The highest BCUT2D eigenvalue weighted by molar-refractivity contribution is 7.13. The predicted octanol–water partition coefficient (Wildman–Crippen LogP) is 1.75. The number of hydrogen-bond acceptors (Lipinski definition) is 4. The highest BCUT2D eigenvalue weighted by Gasteiger charge is 2.16. The number of carbonyl (C=O) groups is 2. The van der Waals surface area contributed by atoms with Gasteiger partial charge in [0, 0.05) is 5.54 Å². The summed E-state index contributed by atoms with van der Waals surface area (Å²) in [5.74, 6) is -0.990. The third-order valence-electron chi connectivity index (χ3n) is 1.92. The maximum atomic E-state index is 11.5. The Kier molecular flexibility index (Phi) is 4.28. The van der Waals surface area contributed by atoms with Crippen LogP contribution >= 0.6 is 11.3 Å². The standard InChI is InChI=1S/C11H17N3O3S/c1-6-8(9(15)16)18-7(13-6)5-12-10(17)14-11(2,3)4/h5H2,1-4H3,(H,15,16)(H2,12,14,17). The van der Waals surface area contributed by atoms with E-state index in [1.165, 1.54) is 0 Å². The summed E-state index contributed by atoms with van der Waals surface area (Å²) in [4.78, 5) is 26.6. The molecule has 1 aromatic rings. The first-order chi connectivity index (χ1) is 8.19. The van der Waals surface area contributed by atoms with Gasteiger partial charge in [-0.05, 0) is 27.7 Å². The lowest BCUT2D eigenvalue weighted by atomic mass is 10.1. The van der Waals surface area contributed by atoms with Gasteiger partial charge in [-0.2, -0.15) is 0 Å². The highest BCUT2D eigenvalue weighted by atomic mass is 32.1. The summed E-state index contributed by atoms with van der Waals surface area (Å²) >= 11 is 1.07. The molecule has 0 unspecified atom stereocenters. The van der Waals surface area contributed by atoms with Crippen LogP contribution in [0.2, 0.25) is 0 Å². The van der Waals surface area contributed by atoms with Crippen molar-refractivity contribution in [1.82, 2.24) is 15.6 Å². The zero-order valence-electron chi connectivity index (χ0n) is 10.8. The van der Waals surface area contributed by atoms with Gasteiger partial charge in [0.15, 0.2) is 0 Å². The topological polar surface area (TPSA) is 91.3 Å². The number of nitrogens with zero attached hydrogens (tertiary/aromatic N) is 1. The number of aryl methyl sites for hydroxylation is 1. The Morgan fingerprint density at radius 2 is 2.00 bits per heavy atom. The van der Waals surface area contributed by atoms with Crippen LogP contribution in [-0.4, -0.2) is 27.6 Å². The van der Waals surface area contributed by atoms with Crippen LogP contribution in [0.15, 0.2) is 0 Å². The lowest BCUT2D eigenvalue weighted by Crippen LogP contribution is -2.46. The normalized spacial score (nSPS) is 11.1. The van der Waals surface area contributed by atoms with Crippen LogP contribution in [-0.2, 0) is 6.54 Å². The van der Waals surface area contributed by atoms with E-state index in [9.17, 15) is 9.59 Å². The van der Waals surface area contributed by atoms with Crippen LogP contribution in [0.1, 0.15) is 41.1 Å². The number of urea groups is 1. The van der Waals surface area contributed by atoms with Crippen molar-refractivity contribution < 1.29 is 14.7 Å². The van der Waals surface area contributed by atoms with Crippen LogP contribution in [0.4, 0.5) is 4.79 Å². The fourth-order valence-electron chi connectivity index (χ4n) is 1.27. The highest BCUT2D eigenvalue weighted by Crippen LogP contribution is 2.17. The van der Waals surface area contributed by atoms with Crippen molar-refractivity contribution in [1.29, 1.82) is 0 Å². The molecule has 18 heavy (non-hydrogen) atoms. The fourth-order valence-corrected chi connectivity index (χ4v) is 2.11. The van der Waals surface area contributed by atoms with Gasteiger partial charge in [0.05, 0.1) is 12.2 Å².